The van der Waals surface area contributed by atoms with E-state index in [1.165, 1.54) is 0 Å². The summed E-state index contributed by atoms with van der Waals surface area (Å²) < 4.78 is 5.83. The Hall–Kier alpha value is -2.24. The molecule has 0 fully saturated rings. The van der Waals surface area contributed by atoms with E-state index in [1.807, 2.05) is 55.5 Å². The van der Waals surface area contributed by atoms with Crippen molar-refractivity contribution in [3.05, 3.63) is 76.8 Å². The fraction of sp³-hybridized carbons (Fsp3) is 0.211. The maximum absolute atomic E-state index is 11.8. The first-order valence-electron chi connectivity index (χ1n) is 7.85. The fourth-order valence-corrected chi connectivity index (χ4v) is 3.52. The van der Waals surface area contributed by atoms with Gasteiger partial charge in [-0.15, -0.1) is 0 Å². The van der Waals surface area contributed by atoms with Gasteiger partial charge in [-0.3, -0.25) is 0 Å². The lowest BCUT2D eigenvalue weighted by atomic mass is 10.2. The average molecular weight is 340 g/mol. The van der Waals surface area contributed by atoms with E-state index in [1.54, 1.807) is 11.8 Å². The highest BCUT2D eigenvalue weighted by molar-refractivity contribution is 8.03. The molecule has 0 aliphatic carbocycles. The van der Waals surface area contributed by atoms with Crippen LogP contribution in [0.25, 0.3) is 0 Å². The van der Waals surface area contributed by atoms with Crippen LogP contribution >= 0.6 is 11.8 Å². The summed E-state index contributed by atoms with van der Waals surface area (Å²) in [5.41, 5.74) is 2.00. The van der Waals surface area contributed by atoms with Crippen molar-refractivity contribution in [3.63, 3.8) is 0 Å². The maximum atomic E-state index is 11.8. The van der Waals surface area contributed by atoms with Crippen molar-refractivity contribution in [2.45, 2.75) is 24.5 Å². The minimum atomic E-state index is -0.182. The minimum absolute atomic E-state index is 0.146. The summed E-state index contributed by atoms with van der Waals surface area (Å²) in [5.74, 6) is 0. The molecule has 0 spiro atoms. The first-order valence-corrected chi connectivity index (χ1v) is 8.67. The zero-order valence-electron chi connectivity index (χ0n) is 13.5. The average Bonchev–Trinajstić information content (AvgIpc) is 2.60. The molecule has 124 valence electrons. The Morgan fingerprint density at radius 1 is 1.04 bits per heavy atom. The number of rotatable bonds is 6. The van der Waals surface area contributed by atoms with Crippen LogP contribution in [0, 0.1) is 0 Å². The fourth-order valence-electron chi connectivity index (χ4n) is 2.50. The summed E-state index contributed by atoms with van der Waals surface area (Å²) in [6.07, 6.45) is 0. The molecule has 1 aliphatic heterocycles. The smallest absolute Gasteiger partial charge is 0.319 e. The first kappa shape index (κ1) is 16.6. The minimum Gasteiger partial charge on any atom is -0.374 e. The number of nitrogens with one attached hydrogen (secondary N) is 2. The van der Waals surface area contributed by atoms with E-state index in [2.05, 4.69) is 22.8 Å². The Balaban J connectivity index is 1.67. The number of urea groups is 1. The molecule has 1 aliphatic rings. The quantitative estimate of drug-likeness (QED) is 0.838. The molecule has 2 N–H and O–H groups in total. The molecule has 0 unspecified atom stereocenters. The molecular weight excluding hydrogens is 320 g/mol. The standard InChI is InChI=1S/C19H20N2O2S/c1-14-18(24-16-10-6-3-7-11-16)17(21-19(22)20-14)13-23-12-15-8-4-2-5-9-15/h2-11,17H,12-13H2,1H3,(H2,20,21,22)/t17-/m1/s1. The second kappa shape index (κ2) is 8.04. The van der Waals surface area contributed by atoms with Crippen molar-refractivity contribution in [3.8, 4) is 0 Å². The van der Waals surface area contributed by atoms with E-state index in [0.29, 0.717) is 13.2 Å². The van der Waals surface area contributed by atoms with E-state index < -0.39 is 0 Å². The van der Waals surface area contributed by atoms with Gasteiger partial charge in [-0.2, -0.15) is 0 Å². The highest BCUT2D eigenvalue weighted by atomic mass is 32.2. The summed E-state index contributed by atoms with van der Waals surface area (Å²) in [7, 11) is 0. The predicted octanol–water partition coefficient (Wildman–Crippen LogP) is 3.91. The molecule has 0 saturated heterocycles. The van der Waals surface area contributed by atoms with E-state index >= 15 is 0 Å². The SMILES string of the molecule is CC1=C(Sc2ccccc2)[C@@H](COCc2ccccc2)NC(=O)N1. The van der Waals surface area contributed by atoms with Crippen LogP contribution in [0.1, 0.15) is 12.5 Å². The maximum Gasteiger partial charge on any atom is 0.319 e. The van der Waals surface area contributed by atoms with Crippen molar-refractivity contribution in [1.29, 1.82) is 0 Å². The molecule has 0 bridgehead atoms. The van der Waals surface area contributed by atoms with E-state index in [-0.39, 0.29) is 12.1 Å². The van der Waals surface area contributed by atoms with Crippen LogP contribution in [0.4, 0.5) is 4.79 Å². The summed E-state index contributed by atoms with van der Waals surface area (Å²) >= 11 is 1.65. The molecule has 2 aromatic rings. The Kier molecular flexibility index (Phi) is 5.56. The second-order valence-corrected chi connectivity index (χ2v) is 6.67. The van der Waals surface area contributed by atoms with Gasteiger partial charge in [0.25, 0.3) is 0 Å². The number of benzene rings is 2. The molecule has 3 rings (SSSR count). The Bertz CT molecular complexity index is 717. The van der Waals surface area contributed by atoms with Crippen LogP contribution in [-0.4, -0.2) is 18.7 Å². The van der Waals surface area contributed by atoms with Gasteiger partial charge in [0.2, 0.25) is 0 Å². The predicted molar refractivity (Wildman–Crippen MR) is 96.6 cm³/mol. The van der Waals surface area contributed by atoms with Crippen LogP contribution in [0.5, 0.6) is 0 Å². The molecule has 1 atom stereocenters. The van der Waals surface area contributed by atoms with Gasteiger partial charge in [-0.1, -0.05) is 60.3 Å². The third kappa shape index (κ3) is 4.40. The van der Waals surface area contributed by atoms with Crippen molar-refractivity contribution >= 4 is 17.8 Å². The summed E-state index contributed by atoms with van der Waals surface area (Å²) in [4.78, 5) is 14.0. The summed E-state index contributed by atoms with van der Waals surface area (Å²) in [6, 6.07) is 19.8. The molecule has 24 heavy (non-hydrogen) atoms. The number of hydrogen-bond donors (Lipinski definition) is 2. The first-order chi connectivity index (χ1) is 11.7. The molecule has 2 amide bonds. The van der Waals surface area contributed by atoms with Crippen molar-refractivity contribution < 1.29 is 9.53 Å². The van der Waals surface area contributed by atoms with E-state index in [4.69, 9.17) is 4.74 Å². The largest absolute Gasteiger partial charge is 0.374 e. The Labute approximate surface area is 146 Å². The van der Waals surface area contributed by atoms with Gasteiger partial charge in [0.15, 0.2) is 0 Å². The van der Waals surface area contributed by atoms with E-state index in [9.17, 15) is 4.79 Å². The molecule has 4 nitrogen and oxygen atoms in total. The molecule has 2 aromatic carbocycles. The molecule has 1 heterocycles. The van der Waals surface area contributed by atoms with Crippen LogP contribution in [0.15, 0.2) is 76.2 Å². The number of carbonyl (C=O) groups excluding carboxylic acids is 1. The van der Waals surface area contributed by atoms with Crippen molar-refractivity contribution in [2.75, 3.05) is 6.61 Å². The number of carbonyl (C=O) groups is 1. The lowest BCUT2D eigenvalue weighted by Gasteiger charge is -2.28. The van der Waals surface area contributed by atoms with Crippen LogP contribution in [0.3, 0.4) is 0 Å². The normalized spacial score (nSPS) is 17.4. The third-order valence-corrected chi connectivity index (χ3v) is 4.98. The van der Waals surface area contributed by atoms with Gasteiger partial charge in [-0.25, -0.2) is 4.79 Å². The van der Waals surface area contributed by atoms with E-state index in [0.717, 1.165) is 21.1 Å². The Morgan fingerprint density at radius 2 is 1.71 bits per heavy atom. The van der Waals surface area contributed by atoms with Crippen LogP contribution in [-0.2, 0) is 11.3 Å². The Morgan fingerprint density at radius 3 is 2.42 bits per heavy atom. The van der Waals surface area contributed by atoms with Gasteiger partial charge in [-0.05, 0) is 24.6 Å². The van der Waals surface area contributed by atoms with Gasteiger partial charge >= 0.3 is 6.03 Å². The number of allylic oxidation sites excluding steroid dienone is 1. The van der Waals surface area contributed by atoms with Crippen LogP contribution in [0.2, 0.25) is 0 Å². The van der Waals surface area contributed by atoms with Crippen molar-refractivity contribution in [2.24, 2.45) is 0 Å². The lowest BCUT2D eigenvalue weighted by Crippen LogP contribution is -2.49. The second-order valence-electron chi connectivity index (χ2n) is 5.56. The number of ether oxygens (including phenoxy) is 1. The molecular formula is C19H20N2O2S. The van der Waals surface area contributed by atoms with Crippen molar-refractivity contribution in [1.82, 2.24) is 10.6 Å². The molecule has 0 saturated carbocycles. The highest BCUT2D eigenvalue weighted by Gasteiger charge is 2.26. The number of hydrogen-bond acceptors (Lipinski definition) is 3. The number of amides is 2. The third-order valence-electron chi connectivity index (χ3n) is 3.66. The molecule has 5 heteroatoms. The molecule has 0 radical (unpaired) electrons. The summed E-state index contributed by atoms with van der Waals surface area (Å²) in [5, 5.41) is 5.79. The topological polar surface area (TPSA) is 50.4 Å². The van der Waals surface area contributed by atoms with Crippen LogP contribution < -0.4 is 10.6 Å². The summed E-state index contributed by atoms with van der Waals surface area (Å²) in [6.45, 7) is 2.89. The highest BCUT2D eigenvalue weighted by Crippen LogP contribution is 2.32. The zero-order chi connectivity index (χ0) is 16.8. The monoisotopic (exact) mass is 340 g/mol. The van der Waals surface area contributed by atoms with Gasteiger partial charge < -0.3 is 15.4 Å². The van der Waals surface area contributed by atoms with Gasteiger partial charge in [0.1, 0.15) is 0 Å². The zero-order valence-corrected chi connectivity index (χ0v) is 14.3. The molecule has 0 aromatic heterocycles. The van der Waals surface area contributed by atoms with Gasteiger partial charge in [0, 0.05) is 15.5 Å². The van der Waals surface area contributed by atoms with Gasteiger partial charge in [0.05, 0.1) is 19.3 Å². The number of thioether (sulfide) groups is 1. The lowest BCUT2D eigenvalue weighted by molar-refractivity contribution is 0.108.